The summed E-state index contributed by atoms with van der Waals surface area (Å²) in [5.74, 6) is -0.0951. The summed E-state index contributed by atoms with van der Waals surface area (Å²) < 4.78 is 30.5. The van der Waals surface area contributed by atoms with Crippen LogP contribution >= 0.6 is 0 Å². The van der Waals surface area contributed by atoms with E-state index in [9.17, 15) is 4.39 Å². The highest BCUT2D eigenvalue weighted by Gasteiger charge is 2.29. The third kappa shape index (κ3) is 3.23. The predicted molar refractivity (Wildman–Crippen MR) is 69.9 cm³/mol. The second-order valence-electron chi connectivity index (χ2n) is 4.38. The van der Waals surface area contributed by atoms with Gasteiger partial charge in [0.15, 0.2) is 11.6 Å². The van der Waals surface area contributed by atoms with Gasteiger partial charge in [0.2, 0.25) is 0 Å². The molecule has 1 aliphatic rings. The molecule has 1 saturated heterocycles. The quantitative estimate of drug-likeness (QED) is 0.886. The van der Waals surface area contributed by atoms with Crippen molar-refractivity contribution in [1.82, 2.24) is 5.32 Å². The van der Waals surface area contributed by atoms with Gasteiger partial charge in [-0.2, -0.15) is 0 Å². The zero-order valence-electron chi connectivity index (χ0n) is 11.3. The Labute approximate surface area is 112 Å². The van der Waals surface area contributed by atoms with Crippen LogP contribution in [0.15, 0.2) is 18.2 Å². The Bertz CT molecular complexity index is 408. The van der Waals surface area contributed by atoms with Crippen molar-refractivity contribution in [3.05, 3.63) is 29.6 Å². The Balaban J connectivity index is 2.27. The van der Waals surface area contributed by atoms with E-state index in [0.29, 0.717) is 25.4 Å². The molecular formula is C14H20FNO3. The average Bonchev–Trinajstić information content (AvgIpc) is 2.46. The standard InChI is InChI=1S/C14H20FNO3/c1-3-16-14(12-9-18-7-8-19-12)10-5-4-6-11(17-2)13(10)15/h4-6,12,14,16H,3,7-9H2,1-2H3. The number of benzene rings is 1. The van der Waals surface area contributed by atoms with Crippen LogP contribution in [0.3, 0.4) is 0 Å². The molecule has 0 amide bonds. The van der Waals surface area contributed by atoms with E-state index in [4.69, 9.17) is 14.2 Å². The molecule has 1 heterocycles. The smallest absolute Gasteiger partial charge is 0.169 e. The van der Waals surface area contributed by atoms with Gasteiger partial charge in [-0.05, 0) is 12.6 Å². The maximum absolute atomic E-state index is 14.3. The summed E-state index contributed by atoms with van der Waals surface area (Å²) in [6.45, 7) is 4.30. The number of halogens is 1. The van der Waals surface area contributed by atoms with Gasteiger partial charge in [0, 0.05) is 5.56 Å². The van der Waals surface area contributed by atoms with Gasteiger partial charge in [0.05, 0.1) is 33.0 Å². The lowest BCUT2D eigenvalue weighted by atomic mass is 10.00. The number of hydrogen-bond acceptors (Lipinski definition) is 4. The molecule has 0 aromatic heterocycles. The molecule has 106 valence electrons. The summed E-state index contributed by atoms with van der Waals surface area (Å²) in [5.41, 5.74) is 0.553. The van der Waals surface area contributed by atoms with Gasteiger partial charge < -0.3 is 19.5 Å². The van der Waals surface area contributed by atoms with Gasteiger partial charge in [-0.3, -0.25) is 0 Å². The fourth-order valence-electron chi connectivity index (χ4n) is 2.29. The lowest BCUT2D eigenvalue weighted by Crippen LogP contribution is -2.41. The van der Waals surface area contributed by atoms with E-state index in [1.165, 1.54) is 7.11 Å². The van der Waals surface area contributed by atoms with E-state index >= 15 is 0 Å². The Morgan fingerprint density at radius 3 is 2.95 bits per heavy atom. The van der Waals surface area contributed by atoms with Crippen molar-refractivity contribution in [3.63, 3.8) is 0 Å². The number of ether oxygens (including phenoxy) is 3. The van der Waals surface area contributed by atoms with E-state index in [0.717, 1.165) is 6.54 Å². The van der Waals surface area contributed by atoms with Crippen LogP contribution in [0.25, 0.3) is 0 Å². The van der Waals surface area contributed by atoms with Crippen LogP contribution < -0.4 is 10.1 Å². The summed E-state index contributed by atoms with van der Waals surface area (Å²) in [6, 6.07) is 4.91. The predicted octanol–water partition coefficient (Wildman–Crippen LogP) is 1.90. The highest BCUT2D eigenvalue weighted by atomic mass is 19.1. The molecular weight excluding hydrogens is 249 g/mol. The molecule has 1 N–H and O–H groups in total. The monoisotopic (exact) mass is 269 g/mol. The molecule has 2 atom stereocenters. The summed E-state index contributed by atoms with van der Waals surface area (Å²) in [4.78, 5) is 0. The van der Waals surface area contributed by atoms with Gasteiger partial charge in [0.25, 0.3) is 0 Å². The van der Waals surface area contributed by atoms with Crippen LogP contribution in [-0.4, -0.2) is 39.6 Å². The Morgan fingerprint density at radius 1 is 1.47 bits per heavy atom. The van der Waals surface area contributed by atoms with E-state index in [2.05, 4.69) is 5.32 Å². The molecule has 1 aliphatic heterocycles. The fourth-order valence-corrected chi connectivity index (χ4v) is 2.29. The highest BCUT2D eigenvalue weighted by molar-refractivity contribution is 5.33. The Hall–Kier alpha value is -1.17. The van der Waals surface area contributed by atoms with Gasteiger partial charge in [-0.15, -0.1) is 0 Å². The zero-order valence-corrected chi connectivity index (χ0v) is 11.3. The Kier molecular flexibility index (Phi) is 5.13. The fraction of sp³-hybridized carbons (Fsp3) is 0.571. The van der Waals surface area contributed by atoms with Gasteiger partial charge >= 0.3 is 0 Å². The maximum Gasteiger partial charge on any atom is 0.169 e. The lowest BCUT2D eigenvalue weighted by Gasteiger charge is -2.31. The topological polar surface area (TPSA) is 39.7 Å². The van der Waals surface area contributed by atoms with E-state index < -0.39 is 0 Å². The molecule has 1 fully saturated rings. The third-order valence-electron chi connectivity index (χ3n) is 3.19. The first kappa shape index (κ1) is 14.2. The molecule has 0 aliphatic carbocycles. The maximum atomic E-state index is 14.3. The first-order valence-corrected chi connectivity index (χ1v) is 6.53. The number of likely N-dealkylation sites (N-methyl/N-ethyl adjacent to an activating group) is 1. The SMILES string of the molecule is CCNC(c1cccc(OC)c1F)C1COCCO1. The molecule has 1 aromatic carbocycles. The zero-order chi connectivity index (χ0) is 13.7. The lowest BCUT2D eigenvalue weighted by molar-refractivity contribution is -0.102. The van der Waals surface area contributed by atoms with Crippen molar-refractivity contribution < 1.29 is 18.6 Å². The molecule has 2 rings (SSSR count). The molecule has 0 bridgehead atoms. The average molecular weight is 269 g/mol. The number of hydrogen-bond donors (Lipinski definition) is 1. The van der Waals surface area contributed by atoms with Crippen molar-refractivity contribution >= 4 is 0 Å². The van der Waals surface area contributed by atoms with Crippen LogP contribution in [0, 0.1) is 5.82 Å². The van der Waals surface area contributed by atoms with E-state index in [1.807, 2.05) is 6.92 Å². The van der Waals surface area contributed by atoms with Crippen molar-refractivity contribution in [2.24, 2.45) is 0 Å². The minimum atomic E-state index is -0.342. The summed E-state index contributed by atoms with van der Waals surface area (Å²) >= 11 is 0. The molecule has 19 heavy (non-hydrogen) atoms. The largest absolute Gasteiger partial charge is 0.494 e. The van der Waals surface area contributed by atoms with Gasteiger partial charge in [-0.25, -0.2) is 4.39 Å². The number of nitrogens with one attached hydrogen (secondary N) is 1. The van der Waals surface area contributed by atoms with Crippen molar-refractivity contribution in [1.29, 1.82) is 0 Å². The minimum Gasteiger partial charge on any atom is -0.494 e. The van der Waals surface area contributed by atoms with Crippen molar-refractivity contribution in [3.8, 4) is 5.75 Å². The van der Waals surface area contributed by atoms with E-state index in [-0.39, 0.29) is 23.7 Å². The highest BCUT2D eigenvalue weighted by Crippen LogP contribution is 2.28. The van der Waals surface area contributed by atoms with Crippen LogP contribution in [-0.2, 0) is 9.47 Å². The van der Waals surface area contributed by atoms with E-state index in [1.54, 1.807) is 18.2 Å². The minimum absolute atomic E-state index is 0.185. The van der Waals surface area contributed by atoms with Crippen LogP contribution in [0.1, 0.15) is 18.5 Å². The van der Waals surface area contributed by atoms with Gasteiger partial charge in [-0.1, -0.05) is 19.1 Å². The van der Waals surface area contributed by atoms with Gasteiger partial charge in [0.1, 0.15) is 6.10 Å². The molecule has 2 unspecified atom stereocenters. The summed E-state index contributed by atoms with van der Waals surface area (Å²) in [5, 5.41) is 3.26. The normalized spacial score (nSPS) is 21.1. The molecule has 5 heteroatoms. The second kappa shape index (κ2) is 6.84. The number of rotatable bonds is 5. The molecule has 0 saturated carbocycles. The first-order valence-electron chi connectivity index (χ1n) is 6.53. The molecule has 1 aromatic rings. The van der Waals surface area contributed by atoms with Crippen LogP contribution in [0.5, 0.6) is 5.75 Å². The molecule has 0 spiro atoms. The molecule has 0 radical (unpaired) electrons. The third-order valence-corrected chi connectivity index (χ3v) is 3.19. The second-order valence-corrected chi connectivity index (χ2v) is 4.38. The first-order chi connectivity index (χ1) is 9.27. The Morgan fingerprint density at radius 2 is 2.32 bits per heavy atom. The van der Waals surface area contributed by atoms with Crippen molar-refractivity contribution in [2.75, 3.05) is 33.5 Å². The van der Waals surface area contributed by atoms with Crippen LogP contribution in [0.4, 0.5) is 4.39 Å². The number of methoxy groups -OCH3 is 1. The van der Waals surface area contributed by atoms with Crippen molar-refractivity contribution in [2.45, 2.75) is 19.1 Å². The van der Waals surface area contributed by atoms with Crippen LogP contribution in [0.2, 0.25) is 0 Å². The summed E-state index contributed by atoms with van der Waals surface area (Å²) in [7, 11) is 1.46. The molecule has 4 nitrogen and oxygen atoms in total. The summed E-state index contributed by atoms with van der Waals surface area (Å²) in [6.07, 6.45) is -0.185.